The van der Waals surface area contributed by atoms with Gasteiger partial charge in [-0.25, -0.2) is 14.6 Å². The molecule has 5 nitrogen and oxygen atoms in total. The van der Waals surface area contributed by atoms with Gasteiger partial charge in [0.1, 0.15) is 0 Å². The minimum Gasteiger partial charge on any atom is -0.316 e. The quantitative estimate of drug-likeness (QED) is 0.580. The fourth-order valence-electron chi connectivity index (χ4n) is 4.44. The summed E-state index contributed by atoms with van der Waals surface area (Å²) in [7, 11) is 0. The largest absolute Gasteiger partial charge is 0.316 e. The van der Waals surface area contributed by atoms with Gasteiger partial charge >= 0.3 is 0 Å². The van der Waals surface area contributed by atoms with Crippen LogP contribution in [-0.2, 0) is 12.0 Å². The molecule has 140 valence electrons. The van der Waals surface area contributed by atoms with Crippen molar-refractivity contribution in [2.75, 3.05) is 0 Å². The van der Waals surface area contributed by atoms with Crippen LogP contribution >= 0.6 is 0 Å². The average molecular weight is 369 g/mol. The molecule has 0 aliphatic heterocycles. The number of para-hydroxylation sites is 1. The summed E-state index contributed by atoms with van der Waals surface area (Å²) in [6, 6.07) is 18.6. The molecule has 2 N–H and O–H groups in total. The first-order valence-corrected chi connectivity index (χ1v) is 9.74. The molecule has 0 fully saturated rings. The Kier molecular flexibility index (Phi) is 3.81. The van der Waals surface area contributed by atoms with Gasteiger partial charge in [-0.1, -0.05) is 42.5 Å². The van der Waals surface area contributed by atoms with E-state index in [0.717, 1.165) is 47.2 Å². The van der Waals surface area contributed by atoms with E-state index in [1.807, 2.05) is 42.8 Å². The Morgan fingerprint density at radius 2 is 1.79 bits per heavy atom. The lowest BCUT2D eigenvalue weighted by molar-refractivity contribution is 0.434. The lowest BCUT2D eigenvalue weighted by Crippen LogP contribution is -2.42. The summed E-state index contributed by atoms with van der Waals surface area (Å²) in [6.07, 6.45) is 2.96. The van der Waals surface area contributed by atoms with Crippen LogP contribution in [0.3, 0.4) is 0 Å². The van der Waals surface area contributed by atoms with Gasteiger partial charge in [-0.15, -0.1) is 0 Å². The summed E-state index contributed by atoms with van der Waals surface area (Å²) in [4.78, 5) is 9.80. The number of nitrogens with zero attached hydrogens (tertiary/aromatic N) is 4. The topological polar surface area (TPSA) is 69.6 Å². The molecule has 4 aromatic rings. The molecule has 0 spiro atoms. The van der Waals surface area contributed by atoms with Crippen LogP contribution in [0.15, 0.2) is 54.6 Å². The van der Waals surface area contributed by atoms with Crippen molar-refractivity contribution in [1.82, 2.24) is 19.7 Å². The standard InChI is InChI=1S/C23H23N5/c1-15-14-16(2)28(27-15)22-25-20-12-6-4-10-18(20)21(26-22)23(24)13-7-9-17-8-3-5-11-19(17)23/h3-6,8,10-12,14H,7,9,13,24H2,1-2H3/t23-/m0/s1. The Morgan fingerprint density at radius 3 is 2.61 bits per heavy atom. The van der Waals surface area contributed by atoms with E-state index in [9.17, 15) is 0 Å². The fourth-order valence-corrected chi connectivity index (χ4v) is 4.44. The van der Waals surface area contributed by atoms with Crippen molar-refractivity contribution in [3.63, 3.8) is 0 Å². The van der Waals surface area contributed by atoms with Crippen LogP contribution in [0.1, 0.15) is 41.1 Å². The summed E-state index contributed by atoms with van der Waals surface area (Å²) < 4.78 is 1.81. The number of aromatic nitrogens is 4. The van der Waals surface area contributed by atoms with Crippen LogP contribution in [0.25, 0.3) is 16.9 Å². The van der Waals surface area contributed by atoms with Gasteiger partial charge in [0.05, 0.1) is 22.4 Å². The molecule has 0 saturated carbocycles. The van der Waals surface area contributed by atoms with Crippen molar-refractivity contribution in [2.45, 2.75) is 38.6 Å². The summed E-state index contributed by atoms with van der Waals surface area (Å²) in [6.45, 7) is 4.00. The van der Waals surface area contributed by atoms with Crippen LogP contribution in [0.5, 0.6) is 0 Å². The highest BCUT2D eigenvalue weighted by Crippen LogP contribution is 2.40. The second-order valence-corrected chi connectivity index (χ2v) is 7.71. The smallest absolute Gasteiger partial charge is 0.251 e. The minimum atomic E-state index is -0.637. The maximum Gasteiger partial charge on any atom is 0.251 e. The van der Waals surface area contributed by atoms with Crippen molar-refractivity contribution < 1.29 is 0 Å². The second-order valence-electron chi connectivity index (χ2n) is 7.71. The van der Waals surface area contributed by atoms with Gasteiger partial charge in [0, 0.05) is 11.1 Å². The third-order valence-corrected chi connectivity index (χ3v) is 5.73. The van der Waals surface area contributed by atoms with Crippen LogP contribution in [0.2, 0.25) is 0 Å². The molecule has 0 unspecified atom stereocenters. The Hall–Kier alpha value is -3.05. The number of fused-ring (bicyclic) bond motifs is 2. The normalized spacial score (nSPS) is 19.0. The monoisotopic (exact) mass is 369 g/mol. The highest BCUT2D eigenvalue weighted by atomic mass is 15.4. The molecule has 0 bridgehead atoms. The predicted octanol–water partition coefficient (Wildman–Crippen LogP) is 3.97. The Labute approximate surface area is 164 Å². The van der Waals surface area contributed by atoms with E-state index < -0.39 is 5.54 Å². The highest BCUT2D eigenvalue weighted by Gasteiger charge is 2.37. The van der Waals surface area contributed by atoms with E-state index in [0.29, 0.717) is 5.95 Å². The predicted molar refractivity (Wildman–Crippen MR) is 110 cm³/mol. The lowest BCUT2D eigenvalue weighted by atomic mass is 9.74. The number of rotatable bonds is 2. The summed E-state index contributed by atoms with van der Waals surface area (Å²) in [5.74, 6) is 0.576. The zero-order valence-corrected chi connectivity index (χ0v) is 16.2. The zero-order chi connectivity index (χ0) is 19.3. The van der Waals surface area contributed by atoms with Crippen LogP contribution in [-0.4, -0.2) is 19.7 Å². The molecule has 0 amide bonds. The van der Waals surface area contributed by atoms with E-state index in [2.05, 4.69) is 35.4 Å². The first-order valence-electron chi connectivity index (χ1n) is 9.74. The third kappa shape index (κ3) is 2.54. The molecule has 2 aromatic heterocycles. The zero-order valence-electron chi connectivity index (χ0n) is 16.2. The van der Waals surface area contributed by atoms with Gasteiger partial charge in [-0.2, -0.15) is 5.10 Å². The Balaban J connectivity index is 1.81. The molecular weight excluding hydrogens is 346 g/mol. The van der Waals surface area contributed by atoms with Crippen molar-refractivity contribution >= 4 is 10.9 Å². The van der Waals surface area contributed by atoms with Crippen LogP contribution in [0.4, 0.5) is 0 Å². The Morgan fingerprint density at radius 1 is 1.00 bits per heavy atom. The molecule has 28 heavy (non-hydrogen) atoms. The van der Waals surface area contributed by atoms with Gasteiger partial charge < -0.3 is 5.73 Å². The summed E-state index contributed by atoms with van der Waals surface area (Å²) >= 11 is 0. The first kappa shape index (κ1) is 17.1. The fraction of sp³-hybridized carbons (Fsp3) is 0.261. The molecule has 2 heterocycles. The summed E-state index contributed by atoms with van der Waals surface area (Å²) in [5, 5.41) is 5.60. The van der Waals surface area contributed by atoms with E-state index in [1.54, 1.807) is 0 Å². The van der Waals surface area contributed by atoms with E-state index >= 15 is 0 Å². The maximum absolute atomic E-state index is 7.13. The highest BCUT2D eigenvalue weighted by molar-refractivity contribution is 5.83. The van der Waals surface area contributed by atoms with Crippen molar-refractivity contribution in [3.05, 3.63) is 82.8 Å². The van der Waals surface area contributed by atoms with Crippen LogP contribution < -0.4 is 5.73 Å². The number of hydrogen-bond acceptors (Lipinski definition) is 4. The molecule has 1 aliphatic rings. The van der Waals surface area contributed by atoms with Crippen molar-refractivity contribution in [2.24, 2.45) is 5.73 Å². The minimum absolute atomic E-state index is 0.576. The number of benzene rings is 2. The molecule has 1 atom stereocenters. The molecule has 0 radical (unpaired) electrons. The molecule has 0 saturated heterocycles. The number of aryl methyl sites for hydroxylation is 3. The molecular formula is C23H23N5. The molecule has 2 aromatic carbocycles. The SMILES string of the molecule is Cc1cc(C)n(-c2nc([C@]3(N)CCCc4ccccc43)c3ccccc3n2)n1. The van der Waals surface area contributed by atoms with Crippen molar-refractivity contribution in [1.29, 1.82) is 0 Å². The second kappa shape index (κ2) is 6.24. The molecule has 1 aliphatic carbocycles. The maximum atomic E-state index is 7.13. The van der Waals surface area contributed by atoms with E-state index in [-0.39, 0.29) is 0 Å². The van der Waals surface area contributed by atoms with Gasteiger partial charge in [0.15, 0.2) is 0 Å². The first-order chi connectivity index (χ1) is 13.6. The third-order valence-electron chi connectivity index (χ3n) is 5.73. The molecule has 5 heteroatoms. The van der Waals surface area contributed by atoms with Gasteiger partial charge in [0.25, 0.3) is 5.95 Å². The Bertz CT molecular complexity index is 1190. The number of hydrogen-bond donors (Lipinski definition) is 1. The van der Waals surface area contributed by atoms with Crippen molar-refractivity contribution in [3.8, 4) is 5.95 Å². The van der Waals surface area contributed by atoms with Gasteiger partial charge in [0.2, 0.25) is 0 Å². The van der Waals surface area contributed by atoms with E-state index in [1.165, 1.54) is 11.1 Å². The number of nitrogens with two attached hydrogens (primary N) is 1. The summed E-state index contributed by atoms with van der Waals surface area (Å²) in [5.41, 5.74) is 12.7. The lowest BCUT2D eigenvalue weighted by Gasteiger charge is -2.36. The molecule has 5 rings (SSSR count). The average Bonchev–Trinajstić information content (AvgIpc) is 3.05. The van der Waals surface area contributed by atoms with Gasteiger partial charge in [-0.3, -0.25) is 0 Å². The van der Waals surface area contributed by atoms with Gasteiger partial charge in [-0.05, 0) is 56.4 Å². The van der Waals surface area contributed by atoms with E-state index in [4.69, 9.17) is 15.7 Å². The van der Waals surface area contributed by atoms with Crippen LogP contribution in [0, 0.1) is 13.8 Å².